The van der Waals surface area contributed by atoms with E-state index in [-0.39, 0.29) is 11.2 Å². The molecule has 2 nitrogen and oxygen atoms in total. The molecule has 20 heavy (non-hydrogen) atoms. The van der Waals surface area contributed by atoms with E-state index in [1.165, 1.54) is 12.1 Å². The van der Waals surface area contributed by atoms with Gasteiger partial charge < -0.3 is 0 Å². The number of rotatable bonds is 4. The Hall–Kier alpha value is -0.870. The first-order chi connectivity index (χ1) is 9.43. The summed E-state index contributed by atoms with van der Waals surface area (Å²) in [5, 5.41) is 4.54. The highest BCUT2D eigenvalue weighted by Gasteiger charge is 2.18. The van der Waals surface area contributed by atoms with E-state index in [2.05, 4.69) is 28.0 Å². The molecule has 2 rings (SSSR count). The predicted octanol–water partition coefficient (Wildman–Crippen LogP) is 5.14. The lowest BCUT2D eigenvalue weighted by Gasteiger charge is -2.09. The van der Waals surface area contributed by atoms with Gasteiger partial charge >= 0.3 is 0 Å². The molecule has 0 aliphatic heterocycles. The van der Waals surface area contributed by atoms with Gasteiger partial charge in [0.05, 0.1) is 17.6 Å². The summed E-state index contributed by atoms with van der Waals surface area (Å²) in [5.74, 6) is -0.249. The van der Waals surface area contributed by atoms with E-state index in [4.69, 9.17) is 11.6 Å². The minimum atomic E-state index is -0.249. The second-order valence-electron chi connectivity index (χ2n) is 4.85. The maximum absolute atomic E-state index is 13.1. The summed E-state index contributed by atoms with van der Waals surface area (Å²) in [4.78, 5) is 0. The van der Waals surface area contributed by atoms with Crippen LogP contribution in [-0.4, -0.2) is 9.78 Å². The van der Waals surface area contributed by atoms with Crippen LogP contribution in [0.4, 0.5) is 4.39 Å². The molecule has 0 saturated heterocycles. The van der Waals surface area contributed by atoms with Crippen LogP contribution >= 0.6 is 27.5 Å². The number of hydrogen-bond acceptors (Lipinski definition) is 1. The molecule has 1 heterocycles. The van der Waals surface area contributed by atoms with Crippen molar-refractivity contribution in [2.75, 3.05) is 0 Å². The summed E-state index contributed by atoms with van der Waals surface area (Å²) in [6.45, 7) is 6.66. The molecular formula is C15H17BrClFN2. The van der Waals surface area contributed by atoms with Gasteiger partial charge in [-0.2, -0.15) is 5.10 Å². The van der Waals surface area contributed by atoms with E-state index in [0.29, 0.717) is 6.54 Å². The number of hydrogen-bond donors (Lipinski definition) is 0. The first-order valence-electron chi connectivity index (χ1n) is 6.56. The van der Waals surface area contributed by atoms with Crippen molar-refractivity contribution < 1.29 is 4.39 Å². The molecule has 0 aliphatic rings. The standard InChI is InChI=1S/C15H17BrClFN2/c1-4-14(17)15-9(2)19-20(10(15)3)8-11-5-6-12(18)7-13(11)16/h5-7,14H,4,8H2,1-3H3. The number of aryl methyl sites for hydroxylation is 1. The topological polar surface area (TPSA) is 17.8 Å². The average Bonchev–Trinajstić information content (AvgIpc) is 2.67. The van der Waals surface area contributed by atoms with Crippen molar-refractivity contribution in [2.24, 2.45) is 0 Å². The second-order valence-corrected chi connectivity index (χ2v) is 6.23. The van der Waals surface area contributed by atoms with E-state index < -0.39 is 0 Å². The summed E-state index contributed by atoms with van der Waals surface area (Å²) in [7, 11) is 0. The van der Waals surface area contributed by atoms with Crippen molar-refractivity contribution in [3.8, 4) is 0 Å². The van der Waals surface area contributed by atoms with Crippen LogP contribution in [0.1, 0.15) is 41.2 Å². The largest absolute Gasteiger partial charge is 0.265 e. The van der Waals surface area contributed by atoms with Crippen LogP contribution in [0.15, 0.2) is 22.7 Å². The summed E-state index contributed by atoms with van der Waals surface area (Å²) >= 11 is 9.75. The van der Waals surface area contributed by atoms with Gasteiger partial charge in [0.15, 0.2) is 0 Å². The fourth-order valence-corrected chi connectivity index (χ4v) is 3.13. The molecule has 0 amide bonds. The van der Waals surface area contributed by atoms with Gasteiger partial charge in [-0.3, -0.25) is 4.68 Å². The number of nitrogens with zero attached hydrogens (tertiary/aromatic N) is 2. The van der Waals surface area contributed by atoms with E-state index in [1.807, 2.05) is 18.5 Å². The molecule has 1 unspecified atom stereocenters. The molecule has 0 radical (unpaired) electrons. The third-order valence-corrected chi connectivity index (χ3v) is 4.71. The van der Waals surface area contributed by atoms with Crippen molar-refractivity contribution in [3.05, 3.63) is 51.0 Å². The number of aromatic nitrogens is 2. The van der Waals surface area contributed by atoms with Gasteiger partial charge in [-0.05, 0) is 38.0 Å². The SMILES string of the molecule is CCC(Cl)c1c(C)nn(Cc2ccc(F)cc2Br)c1C. The summed E-state index contributed by atoms with van der Waals surface area (Å²) in [6.07, 6.45) is 0.870. The Morgan fingerprint density at radius 3 is 2.70 bits per heavy atom. The minimum absolute atomic E-state index is 0.0135. The molecule has 0 aliphatic carbocycles. The van der Waals surface area contributed by atoms with Crippen molar-refractivity contribution in [1.82, 2.24) is 9.78 Å². The third-order valence-electron chi connectivity index (χ3n) is 3.44. The van der Waals surface area contributed by atoms with Crippen LogP contribution in [0.25, 0.3) is 0 Å². The monoisotopic (exact) mass is 358 g/mol. The summed E-state index contributed by atoms with van der Waals surface area (Å²) < 4.78 is 15.8. The van der Waals surface area contributed by atoms with Gasteiger partial charge in [-0.25, -0.2) is 4.39 Å². The zero-order valence-electron chi connectivity index (χ0n) is 11.8. The average molecular weight is 360 g/mol. The molecular weight excluding hydrogens is 343 g/mol. The zero-order valence-corrected chi connectivity index (χ0v) is 14.1. The lowest BCUT2D eigenvalue weighted by Crippen LogP contribution is -2.05. The molecule has 0 N–H and O–H groups in total. The molecule has 0 bridgehead atoms. The second kappa shape index (κ2) is 6.27. The molecule has 1 aromatic carbocycles. The maximum atomic E-state index is 13.1. The quantitative estimate of drug-likeness (QED) is 0.691. The van der Waals surface area contributed by atoms with Crippen molar-refractivity contribution in [1.29, 1.82) is 0 Å². The van der Waals surface area contributed by atoms with Gasteiger partial charge in [0, 0.05) is 15.7 Å². The predicted molar refractivity (Wildman–Crippen MR) is 83.8 cm³/mol. The fourth-order valence-electron chi connectivity index (χ4n) is 2.33. The molecule has 1 aromatic heterocycles. The molecule has 0 fully saturated rings. The Balaban J connectivity index is 2.35. The summed E-state index contributed by atoms with van der Waals surface area (Å²) in [6, 6.07) is 4.70. The Kier molecular flexibility index (Phi) is 4.86. The number of halogens is 3. The normalized spacial score (nSPS) is 12.7. The zero-order chi connectivity index (χ0) is 14.9. The molecule has 1 atom stereocenters. The highest BCUT2D eigenvalue weighted by atomic mass is 79.9. The molecule has 108 valence electrons. The number of benzene rings is 1. The van der Waals surface area contributed by atoms with Crippen LogP contribution < -0.4 is 0 Å². The fraction of sp³-hybridized carbons (Fsp3) is 0.400. The Morgan fingerprint density at radius 1 is 1.40 bits per heavy atom. The first-order valence-corrected chi connectivity index (χ1v) is 7.78. The van der Waals surface area contributed by atoms with Crippen molar-refractivity contribution in [2.45, 2.75) is 39.1 Å². The van der Waals surface area contributed by atoms with Gasteiger partial charge in [0.2, 0.25) is 0 Å². The van der Waals surface area contributed by atoms with Crippen LogP contribution in [0, 0.1) is 19.7 Å². The van der Waals surface area contributed by atoms with Crippen molar-refractivity contribution in [3.63, 3.8) is 0 Å². The van der Waals surface area contributed by atoms with Crippen LogP contribution in [0.5, 0.6) is 0 Å². The lowest BCUT2D eigenvalue weighted by atomic mass is 10.1. The van der Waals surface area contributed by atoms with Crippen LogP contribution in [0.3, 0.4) is 0 Å². The van der Waals surface area contributed by atoms with Crippen LogP contribution in [0.2, 0.25) is 0 Å². The molecule has 5 heteroatoms. The Morgan fingerprint density at radius 2 is 2.10 bits per heavy atom. The third kappa shape index (κ3) is 3.07. The molecule has 0 spiro atoms. The highest BCUT2D eigenvalue weighted by molar-refractivity contribution is 9.10. The van der Waals surface area contributed by atoms with Crippen molar-refractivity contribution >= 4 is 27.5 Å². The Labute approximate surface area is 132 Å². The molecule has 2 aromatic rings. The van der Waals surface area contributed by atoms with Gasteiger partial charge in [0.1, 0.15) is 5.82 Å². The first kappa shape index (κ1) is 15.5. The van der Waals surface area contributed by atoms with Crippen LogP contribution in [-0.2, 0) is 6.54 Å². The van der Waals surface area contributed by atoms with E-state index in [1.54, 1.807) is 6.07 Å². The highest BCUT2D eigenvalue weighted by Crippen LogP contribution is 2.30. The van der Waals surface area contributed by atoms with E-state index in [9.17, 15) is 4.39 Å². The van der Waals surface area contributed by atoms with Gasteiger partial charge in [-0.15, -0.1) is 11.6 Å². The Bertz CT molecular complexity index is 625. The molecule has 0 saturated carbocycles. The smallest absolute Gasteiger partial charge is 0.124 e. The van der Waals surface area contributed by atoms with E-state index >= 15 is 0 Å². The number of alkyl halides is 1. The van der Waals surface area contributed by atoms with Gasteiger partial charge in [0.25, 0.3) is 0 Å². The maximum Gasteiger partial charge on any atom is 0.124 e. The summed E-state index contributed by atoms with van der Waals surface area (Å²) in [5.41, 5.74) is 4.13. The van der Waals surface area contributed by atoms with Gasteiger partial charge in [-0.1, -0.05) is 28.9 Å². The lowest BCUT2D eigenvalue weighted by molar-refractivity contribution is 0.620. The minimum Gasteiger partial charge on any atom is -0.265 e. The van der Waals surface area contributed by atoms with E-state index in [0.717, 1.165) is 33.4 Å².